The van der Waals surface area contributed by atoms with E-state index < -0.39 is 0 Å². The van der Waals surface area contributed by atoms with Gasteiger partial charge in [-0.15, -0.1) is 0 Å². The Morgan fingerprint density at radius 2 is 2.31 bits per heavy atom. The highest BCUT2D eigenvalue weighted by atomic mass is 35.5. The van der Waals surface area contributed by atoms with Gasteiger partial charge in [-0.3, -0.25) is 4.79 Å². The molecule has 1 rings (SSSR count). The predicted molar refractivity (Wildman–Crippen MR) is 69.7 cm³/mol. The van der Waals surface area contributed by atoms with Crippen LogP contribution >= 0.6 is 23.4 Å². The summed E-state index contributed by atoms with van der Waals surface area (Å²) in [6.45, 7) is 1.51. The molecular weight excluding hydrogens is 246 g/mol. The first-order valence-corrected chi connectivity index (χ1v) is 5.95. The number of rotatable bonds is 3. The number of hydrogen-bond acceptors (Lipinski definition) is 4. The van der Waals surface area contributed by atoms with E-state index in [0.29, 0.717) is 16.3 Å². The fourth-order valence-electron chi connectivity index (χ4n) is 1.11. The first-order chi connectivity index (χ1) is 7.50. The minimum absolute atomic E-state index is 0.00785. The maximum atomic E-state index is 10.7. The standard InChI is InChI=1S/C11H12ClNO2S/c1-7(14)16-4-2-3-8-5-9(12)6-10(13)11(8)15/h2-3,5-6,15H,4,13H2,1H3. The topological polar surface area (TPSA) is 63.3 Å². The Hall–Kier alpha value is -1.13. The van der Waals surface area contributed by atoms with Crippen molar-refractivity contribution in [2.24, 2.45) is 0 Å². The van der Waals surface area contributed by atoms with E-state index in [-0.39, 0.29) is 16.6 Å². The number of nitrogens with two attached hydrogens (primary N) is 1. The molecular formula is C11H12ClNO2S. The summed E-state index contributed by atoms with van der Waals surface area (Å²) in [5.74, 6) is 0.565. The fourth-order valence-corrected chi connectivity index (χ4v) is 1.77. The number of phenols is 1. The molecule has 0 aliphatic carbocycles. The Bertz CT molecular complexity index is 432. The number of aromatic hydroxyl groups is 1. The van der Waals surface area contributed by atoms with E-state index in [1.807, 2.05) is 0 Å². The molecule has 1 aromatic rings. The Kier molecular flexibility index (Phi) is 4.71. The molecule has 0 radical (unpaired) electrons. The van der Waals surface area contributed by atoms with Crippen LogP contribution in [0.3, 0.4) is 0 Å². The highest BCUT2D eigenvalue weighted by Gasteiger charge is 2.03. The molecule has 0 saturated carbocycles. The largest absolute Gasteiger partial charge is 0.505 e. The van der Waals surface area contributed by atoms with E-state index in [1.165, 1.54) is 24.8 Å². The van der Waals surface area contributed by atoms with Crippen molar-refractivity contribution in [1.82, 2.24) is 0 Å². The number of benzene rings is 1. The Labute approximate surface area is 103 Å². The number of thioether (sulfide) groups is 1. The van der Waals surface area contributed by atoms with Gasteiger partial charge in [0, 0.05) is 23.3 Å². The number of carbonyl (C=O) groups excluding carboxylic acids is 1. The van der Waals surface area contributed by atoms with Crippen molar-refractivity contribution in [2.45, 2.75) is 6.92 Å². The summed E-state index contributed by atoms with van der Waals surface area (Å²) in [7, 11) is 0. The molecule has 1 aromatic carbocycles. The third-order valence-corrected chi connectivity index (χ3v) is 2.80. The average Bonchev–Trinajstić information content (AvgIpc) is 2.19. The number of anilines is 1. The van der Waals surface area contributed by atoms with Crippen molar-refractivity contribution in [3.05, 3.63) is 28.8 Å². The van der Waals surface area contributed by atoms with Crippen molar-refractivity contribution in [3.63, 3.8) is 0 Å². The molecule has 0 spiro atoms. The molecule has 0 aliphatic heterocycles. The molecule has 3 nitrogen and oxygen atoms in total. The second-order valence-electron chi connectivity index (χ2n) is 3.14. The third kappa shape index (κ3) is 3.79. The van der Waals surface area contributed by atoms with Crippen LogP contribution in [0, 0.1) is 0 Å². The summed E-state index contributed by atoms with van der Waals surface area (Å²) in [6.07, 6.45) is 3.46. The number of carbonyl (C=O) groups is 1. The first-order valence-electron chi connectivity index (χ1n) is 4.58. The maximum absolute atomic E-state index is 10.7. The van der Waals surface area contributed by atoms with E-state index in [4.69, 9.17) is 17.3 Å². The van der Waals surface area contributed by atoms with Crippen LogP contribution in [0.5, 0.6) is 5.75 Å². The van der Waals surface area contributed by atoms with Crippen LogP contribution in [0.25, 0.3) is 6.08 Å². The first kappa shape index (κ1) is 12.9. The van der Waals surface area contributed by atoms with Gasteiger partial charge in [0.05, 0.1) is 5.69 Å². The second-order valence-corrected chi connectivity index (χ2v) is 4.77. The lowest BCUT2D eigenvalue weighted by Gasteiger charge is -2.03. The molecule has 0 heterocycles. The summed E-state index contributed by atoms with van der Waals surface area (Å²) in [5, 5.41) is 10.1. The lowest BCUT2D eigenvalue weighted by atomic mass is 10.1. The SMILES string of the molecule is CC(=O)SCC=Cc1cc(Cl)cc(N)c1O. The fraction of sp³-hybridized carbons (Fsp3) is 0.182. The van der Waals surface area contributed by atoms with Gasteiger partial charge in [-0.2, -0.15) is 0 Å². The zero-order chi connectivity index (χ0) is 12.1. The number of nitrogen functional groups attached to an aromatic ring is 1. The van der Waals surface area contributed by atoms with Gasteiger partial charge in [0.2, 0.25) is 0 Å². The molecule has 0 aliphatic rings. The zero-order valence-corrected chi connectivity index (χ0v) is 10.3. The van der Waals surface area contributed by atoms with Crippen molar-refractivity contribution in [3.8, 4) is 5.75 Å². The van der Waals surface area contributed by atoms with Crippen molar-refractivity contribution in [2.75, 3.05) is 11.5 Å². The average molecular weight is 258 g/mol. The van der Waals surface area contributed by atoms with Gasteiger partial charge >= 0.3 is 0 Å². The van der Waals surface area contributed by atoms with Crippen LogP contribution in [0.2, 0.25) is 5.02 Å². The van der Waals surface area contributed by atoms with E-state index in [1.54, 1.807) is 18.2 Å². The highest BCUT2D eigenvalue weighted by Crippen LogP contribution is 2.30. The van der Waals surface area contributed by atoms with E-state index in [2.05, 4.69) is 0 Å². The van der Waals surface area contributed by atoms with Crippen molar-refractivity contribution >= 4 is 40.2 Å². The molecule has 0 bridgehead atoms. The Morgan fingerprint density at radius 3 is 2.94 bits per heavy atom. The van der Waals surface area contributed by atoms with Gasteiger partial charge in [-0.05, 0) is 12.1 Å². The predicted octanol–water partition coefficient (Wildman–Crippen LogP) is 2.92. The Morgan fingerprint density at radius 1 is 1.62 bits per heavy atom. The smallest absolute Gasteiger partial charge is 0.186 e. The van der Waals surface area contributed by atoms with Crippen LogP contribution in [0.4, 0.5) is 5.69 Å². The summed E-state index contributed by atoms with van der Waals surface area (Å²) in [6, 6.07) is 3.10. The lowest BCUT2D eigenvalue weighted by Crippen LogP contribution is -1.88. The van der Waals surface area contributed by atoms with Crippen LogP contribution in [-0.2, 0) is 4.79 Å². The molecule has 0 saturated heterocycles. The minimum Gasteiger partial charge on any atom is -0.505 e. The van der Waals surface area contributed by atoms with Gasteiger partial charge in [-0.1, -0.05) is 35.5 Å². The molecule has 0 unspecified atom stereocenters. The number of phenolic OH excluding ortho intramolecular Hbond substituents is 1. The van der Waals surface area contributed by atoms with Crippen molar-refractivity contribution in [1.29, 1.82) is 0 Å². The van der Waals surface area contributed by atoms with Crippen molar-refractivity contribution < 1.29 is 9.90 Å². The maximum Gasteiger partial charge on any atom is 0.186 e. The van der Waals surface area contributed by atoms with Gasteiger partial charge in [0.1, 0.15) is 5.75 Å². The van der Waals surface area contributed by atoms with E-state index >= 15 is 0 Å². The minimum atomic E-state index is 0.00785. The van der Waals surface area contributed by atoms with Gasteiger partial charge in [-0.25, -0.2) is 0 Å². The highest BCUT2D eigenvalue weighted by molar-refractivity contribution is 8.13. The van der Waals surface area contributed by atoms with Crippen LogP contribution in [0.15, 0.2) is 18.2 Å². The monoisotopic (exact) mass is 257 g/mol. The van der Waals surface area contributed by atoms with E-state index in [0.717, 1.165) is 0 Å². The number of hydrogen-bond donors (Lipinski definition) is 2. The third-order valence-electron chi connectivity index (χ3n) is 1.81. The lowest BCUT2D eigenvalue weighted by molar-refractivity contribution is -0.109. The van der Waals surface area contributed by atoms with E-state index in [9.17, 15) is 9.90 Å². The molecule has 0 fully saturated rings. The number of halogens is 1. The summed E-state index contributed by atoms with van der Waals surface area (Å²) < 4.78 is 0. The molecule has 16 heavy (non-hydrogen) atoms. The second kappa shape index (κ2) is 5.82. The van der Waals surface area contributed by atoms with Crippen LogP contribution < -0.4 is 5.73 Å². The summed E-state index contributed by atoms with van der Waals surface area (Å²) in [5.41, 5.74) is 6.34. The van der Waals surface area contributed by atoms with Gasteiger partial charge in [0.25, 0.3) is 0 Å². The molecule has 0 amide bonds. The summed E-state index contributed by atoms with van der Waals surface area (Å²) in [4.78, 5) is 10.7. The van der Waals surface area contributed by atoms with Crippen LogP contribution in [0.1, 0.15) is 12.5 Å². The van der Waals surface area contributed by atoms with Gasteiger partial charge < -0.3 is 10.8 Å². The molecule has 86 valence electrons. The zero-order valence-electron chi connectivity index (χ0n) is 8.74. The summed E-state index contributed by atoms with van der Waals surface area (Å²) >= 11 is 6.99. The molecule has 5 heteroatoms. The molecule has 0 atom stereocenters. The molecule has 3 N–H and O–H groups in total. The normalized spacial score (nSPS) is 10.9. The quantitative estimate of drug-likeness (QED) is 0.646. The van der Waals surface area contributed by atoms with Crippen LogP contribution in [-0.4, -0.2) is 16.0 Å². The van der Waals surface area contributed by atoms with Gasteiger partial charge in [0.15, 0.2) is 5.12 Å². The molecule has 0 aromatic heterocycles. The Balaban J connectivity index is 2.77.